The number of furan rings is 1. The molecule has 1 spiro atoms. The highest BCUT2D eigenvalue weighted by molar-refractivity contribution is 6.33. The van der Waals surface area contributed by atoms with Crippen LogP contribution in [0.4, 0.5) is 10.5 Å². The number of benzene rings is 1. The average molecular weight is 361 g/mol. The zero-order valence-corrected chi connectivity index (χ0v) is 14.1. The summed E-state index contributed by atoms with van der Waals surface area (Å²) in [6.45, 7) is 1.07. The van der Waals surface area contributed by atoms with Gasteiger partial charge in [-0.3, -0.25) is 4.79 Å². The molecule has 0 radical (unpaired) electrons. The van der Waals surface area contributed by atoms with Crippen LogP contribution < -0.4 is 15.8 Å². The number of urea groups is 1. The van der Waals surface area contributed by atoms with E-state index in [9.17, 15) is 9.59 Å². The van der Waals surface area contributed by atoms with Crippen molar-refractivity contribution in [2.24, 2.45) is 0 Å². The molecule has 3 heterocycles. The van der Waals surface area contributed by atoms with Gasteiger partial charge in [-0.1, -0.05) is 23.7 Å². The summed E-state index contributed by atoms with van der Waals surface area (Å²) in [5.41, 5.74) is 3.82. The van der Waals surface area contributed by atoms with Crippen LogP contribution in [0.5, 0.6) is 0 Å². The lowest BCUT2D eigenvalue weighted by Crippen LogP contribution is -2.58. The number of carbonyl (C=O) groups is 2. The van der Waals surface area contributed by atoms with Crippen molar-refractivity contribution >= 4 is 29.2 Å². The van der Waals surface area contributed by atoms with Gasteiger partial charge in [0.2, 0.25) is 0 Å². The topological polar surface area (TPSA) is 77.8 Å². The number of rotatable bonds is 2. The van der Waals surface area contributed by atoms with Gasteiger partial charge in [0.1, 0.15) is 11.9 Å². The number of hydrogen-bond acceptors (Lipinski definition) is 4. The van der Waals surface area contributed by atoms with Gasteiger partial charge in [-0.2, -0.15) is 0 Å². The molecule has 0 atom stereocenters. The summed E-state index contributed by atoms with van der Waals surface area (Å²) in [5.74, 6) is -0.0594. The molecule has 1 aromatic carbocycles. The highest BCUT2D eigenvalue weighted by Crippen LogP contribution is 2.31. The lowest BCUT2D eigenvalue weighted by Gasteiger charge is -2.38. The van der Waals surface area contributed by atoms with E-state index in [1.54, 1.807) is 23.1 Å². The third-order valence-corrected chi connectivity index (χ3v) is 4.96. The Labute approximate surface area is 149 Å². The van der Waals surface area contributed by atoms with Gasteiger partial charge in [0, 0.05) is 25.9 Å². The molecule has 1 aromatic heterocycles. The number of anilines is 1. The maximum Gasteiger partial charge on any atom is 0.338 e. The lowest BCUT2D eigenvalue weighted by atomic mass is 9.97. The smallest absolute Gasteiger partial charge is 0.338 e. The van der Waals surface area contributed by atoms with E-state index in [1.807, 2.05) is 12.1 Å². The van der Waals surface area contributed by atoms with Crippen molar-refractivity contribution in [2.75, 3.05) is 18.1 Å². The largest absolute Gasteiger partial charge is 0.472 e. The van der Waals surface area contributed by atoms with Gasteiger partial charge in [0.15, 0.2) is 0 Å². The zero-order valence-electron chi connectivity index (χ0n) is 13.4. The summed E-state index contributed by atoms with van der Waals surface area (Å²) in [5, 5.41) is 4.94. The van der Waals surface area contributed by atoms with Crippen LogP contribution in [0.1, 0.15) is 23.2 Å². The fraction of sp³-hybridized carbons (Fsp3) is 0.294. The second-order valence-electron chi connectivity index (χ2n) is 6.22. The highest BCUT2D eigenvalue weighted by Gasteiger charge is 2.45. The maximum atomic E-state index is 12.4. The first kappa shape index (κ1) is 16.0. The molecule has 2 fully saturated rings. The van der Waals surface area contributed by atoms with E-state index in [-0.39, 0.29) is 11.9 Å². The molecule has 2 saturated heterocycles. The normalized spacial score (nSPS) is 19.3. The molecule has 130 valence electrons. The Hall–Kier alpha value is -2.51. The van der Waals surface area contributed by atoms with Crippen molar-refractivity contribution < 1.29 is 14.0 Å². The van der Waals surface area contributed by atoms with Crippen LogP contribution in [-0.4, -0.2) is 35.6 Å². The first-order valence-corrected chi connectivity index (χ1v) is 8.42. The van der Waals surface area contributed by atoms with Gasteiger partial charge in [-0.15, -0.1) is 0 Å². The first-order chi connectivity index (χ1) is 12.1. The maximum absolute atomic E-state index is 12.4. The van der Waals surface area contributed by atoms with Crippen molar-refractivity contribution in [3.05, 3.63) is 53.4 Å². The van der Waals surface area contributed by atoms with Crippen molar-refractivity contribution in [3.63, 3.8) is 0 Å². The molecule has 2 N–H and O–H groups in total. The summed E-state index contributed by atoms with van der Waals surface area (Å²) in [7, 11) is 0. The third kappa shape index (κ3) is 2.85. The molecular weight excluding hydrogens is 344 g/mol. The minimum atomic E-state index is -0.566. The number of para-hydroxylation sites is 1. The summed E-state index contributed by atoms with van der Waals surface area (Å²) in [6, 6.07) is 8.57. The Morgan fingerprint density at radius 2 is 1.96 bits per heavy atom. The van der Waals surface area contributed by atoms with E-state index < -0.39 is 5.66 Å². The Balaban J connectivity index is 1.46. The Kier molecular flexibility index (Phi) is 3.89. The molecular formula is C17H17ClN4O3. The second-order valence-corrected chi connectivity index (χ2v) is 6.62. The van der Waals surface area contributed by atoms with E-state index in [4.69, 9.17) is 16.0 Å². The van der Waals surface area contributed by atoms with Crippen molar-refractivity contribution in [2.45, 2.75) is 18.5 Å². The fourth-order valence-electron chi connectivity index (χ4n) is 3.25. The SMILES string of the molecule is O=C(c1ccoc1)N1CCC2(CC1)NC(=O)N(c1ccccc1Cl)N2. The summed E-state index contributed by atoms with van der Waals surface area (Å²) >= 11 is 6.20. The monoisotopic (exact) mass is 360 g/mol. The van der Waals surface area contributed by atoms with Crippen LogP contribution in [0, 0.1) is 0 Å². The average Bonchev–Trinajstić information content (AvgIpc) is 3.24. The Morgan fingerprint density at radius 1 is 1.20 bits per heavy atom. The molecule has 7 nitrogen and oxygen atoms in total. The van der Waals surface area contributed by atoms with Gasteiger partial charge in [0.05, 0.1) is 22.5 Å². The van der Waals surface area contributed by atoms with Crippen molar-refractivity contribution in [1.82, 2.24) is 15.6 Å². The number of hydrazine groups is 1. The van der Waals surface area contributed by atoms with E-state index in [1.165, 1.54) is 17.5 Å². The van der Waals surface area contributed by atoms with Gasteiger partial charge < -0.3 is 14.6 Å². The third-order valence-electron chi connectivity index (χ3n) is 4.64. The van der Waals surface area contributed by atoms with E-state index in [2.05, 4.69) is 10.7 Å². The van der Waals surface area contributed by atoms with Crippen molar-refractivity contribution in [3.8, 4) is 0 Å². The quantitative estimate of drug-likeness (QED) is 0.863. The number of likely N-dealkylation sites (tertiary alicyclic amines) is 1. The Morgan fingerprint density at radius 3 is 2.64 bits per heavy atom. The number of carbonyl (C=O) groups excluding carboxylic acids is 2. The standard InChI is InChI=1S/C17H17ClN4O3/c18-13-3-1-2-4-14(13)22-16(24)19-17(20-22)6-8-21(9-7-17)15(23)12-5-10-25-11-12/h1-5,10-11,20H,6-9H2,(H,19,24). The molecule has 0 bridgehead atoms. The fourth-order valence-corrected chi connectivity index (χ4v) is 3.47. The molecule has 0 aliphatic carbocycles. The molecule has 25 heavy (non-hydrogen) atoms. The number of nitrogens with one attached hydrogen (secondary N) is 2. The number of halogens is 1. The van der Waals surface area contributed by atoms with Crippen LogP contribution in [0.3, 0.4) is 0 Å². The van der Waals surface area contributed by atoms with Gasteiger partial charge in [-0.05, 0) is 18.2 Å². The zero-order chi connectivity index (χ0) is 17.4. The van der Waals surface area contributed by atoms with Crippen LogP contribution in [0.2, 0.25) is 5.02 Å². The van der Waals surface area contributed by atoms with Gasteiger partial charge in [0.25, 0.3) is 5.91 Å². The Bertz CT molecular complexity index is 800. The summed E-state index contributed by atoms with van der Waals surface area (Å²) < 4.78 is 4.97. The van der Waals surface area contributed by atoms with E-state index >= 15 is 0 Å². The number of hydrogen-bond donors (Lipinski definition) is 2. The molecule has 3 amide bonds. The van der Waals surface area contributed by atoms with E-state index in [0.29, 0.717) is 42.2 Å². The predicted molar refractivity (Wildman–Crippen MR) is 92.2 cm³/mol. The van der Waals surface area contributed by atoms with Crippen LogP contribution in [0.15, 0.2) is 47.3 Å². The lowest BCUT2D eigenvalue weighted by molar-refractivity contribution is 0.0640. The molecule has 0 unspecified atom stereocenters. The molecule has 2 aliphatic heterocycles. The molecule has 0 saturated carbocycles. The predicted octanol–water partition coefficient (Wildman–Crippen LogP) is 2.60. The minimum Gasteiger partial charge on any atom is -0.472 e. The summed E-state index contributed by atoms with van der Waals surface area (Å²) in [4.78, 5) is 26.6. The van der Waals surface area contributed by atoms with Crippen LogP contribution >= 0.6 is 11.6 Å². The summed E-state index contributed by atoms with van der Waals surface area (Å²) in [6.07, 6.45) is 4.13. The van der Waals surface area contributed by atoms with Crippen molar-refractivity contribution in [1.29, 1.82) is 0 Å². The van der Waals surface area contributed by atoms with Crippen LogP contribution in [-0.2, 0) is 0 Å². The van der Waals surface area contributed by atoms with E-state index in [0.717, 1.165) is 0 Å². The number of nitrogens with zero attached hydrogens (tertiary/aromatic N) is 2. The van der Waals surface area contributed by atoms with Crippen LogP contribution in [0.25, 0.3) is 0 Å². The highest BCUT2D eigenvalue weighted by atomic mass is 35.5. The number of amides is 3. The molecule has 4 rings (SSSR count). The second kappa shape index (κ2) is 6.09. The molecule has 2 aromatic rings. The minimum absolute atomic E-state index is 0.0594. The first-order valence-electron chi connectivity index (χ1n) is 8.04. The van der Waals surface area contributed by atoms with Gasteiger partial charge >= 0.3 is 6.03 Å². The number of piperidine rings is 1. The molecule has 8 heteroatoms. The van der Waals surface area contributed by atoms with Gasteiger partial charge in [-0.25, -0.2) is 15.2 Å². The molecule has 2 aliphatic rings.